The summed E-state index contributed by atoms with van der Waals surface area (Å²) < 4.78 is 2.19. The van der Waals surface area contributed by atoms with Gasteiger partial charge in [-0.15, -0.1) is 0 Å². The fourth-order valence-corrected chi connectivity index (χ4v) is 5.37. The highest BCUT2D eigenvalue weighted by Crippen LogP contribution is 2.54. The molecule has 1 aliphatic carbocycles. The molecule has 0 saturated heterocycles. The summed E-state index contributed by atoms with van der Waals surface area (Å²) in [5.41, 5.74) is 9.68. The third-order valence-corrected chi connectivity index (χ3v) is 7.75. The van der Waals surface area contributed by atoms with Crippen molar-refractivity contribution in [1.82, 2.24) is 0 Å². The Labute approximate surface area is 205 Å². The normalized spacial score (nSPS) is 13.1. The lowest BCUT2D eigenvalue weighted by molar-refractivity contribution is 1.37. The first-order chi connectivity index (χ1) is 15.8. The van der Waals surface area contributed by atoms with Crippen LogP contribution in [0.2, 0.25) is 0 Å². The molecule has 0 spiro atoms. The van der Waals surface area contributed by atoms with Crippen LogP contribution in [0.4, 0.5) is 0 Å². The molecule has 0 bridgehead atoms. The van der Waals surface area contributed by atoms with E-state index in [0.717, 1.165) is 8.96 Å². The Morgan fingerprint density at radius 1 is 0.344 bits per heavy atom. The van der Waals surface area contributed by atoms with E-state index < -0.39 is 0 Å². The fourth-order valence-electron chi connectivity index (χ4n) is 4.18. The number of hydrogen-bond donors (Lipinski definition) is 0. The van der Waals surface area contributed by atoms with Crippen LogP contribution in [0.1, 0.15) is 22.3 Å². The van der Waals surface area contributed by atoms with E-state index in [1.54, 1.807) is 0 Å². The molecule has 32 heavy (non-hydrogen) atoms. The summed E-state index contributed by atoms with van der Waals surface area (Å²) in [5, 5.41) is 0. The van der Waals surface area contributed by atoms with Crippen molar-refractivity contribution in [2.45, 2.75) is 0 Å². The minimum absolute atomic E-state index is 1.10. The molecular weight excluding hydrogens is 520 g/mol. The van der Waals surface area contributed by atoms with E-state index in [1.807, 2.05) is 0 Å². The van der Waals surface area contributed by atoms with E-state index in [2.05, 4.69) is 153 Å². The van der Waals surface area contributed by atoms with Crippen molar-refractivity contribution in [2.75, 3.05) is 0 Å². The van der Waals surface area contributed by atoms with Gasteiger partial charge in [0.15, 0.2) is 0 Å². The highest BCUT2D eigenvalue weighted by molar-refractivity contribution is 9.14. The summed E-state index contributed by atoms with van der Waals surface area (Å²) in [7, 11) is 0. The van der Waals surface area contributed by atoms with Crippen LogP contribution in [0, 0.1) is 0 Å². The van der Waals surface area contributed by atoms with Gasteiger partial charge in [0.1, 0.15) is 0 Å². The summed E-state index contributed by atoms with van der Waals surface area (Å²) in [6, 6.07) is 42.5. The second-order valence-electron chi connectivity index (χ2n) is 7.59. The summed E-state index contributed by atoms with van der Waals surface area (Å²) in [4.78, 5) is 0. The van der Waals surface area contributed by atoms with Gasteiger partial charge in [-0.2, -0.15) is 0 Å². The second kappa shape index (κ2) is 9.28. The van der Waals surface area contributed by atoms with E-state index in [0.29, 0.717) is 0 Å². The molecule has 1 aliphatic rings. The van der Waals surface area contributed by atoms with Crippen LogP contribution in [0.5, 0.6) is 0 Å². The first-order valence-electron chi connectivity index (χ1n) is 10.5. The Bertz CT molecular complexity index is 1140. The van der Waals surface area contributed by atoms with E-state index >= 15 is 0 Å². The van der Waals surface area contributed by atoms with E-state index in [4.69, 9.17) is 0 Å². The lowest BCUT2D eigenvalue weighted by Gasteiger charge is -2.31. The molecule has 4 aromatic carbocycles. The van der Waals surface area contributed by atoms with Crippen molar-refractivity contribution in [1.29, 1.82) is 0 Å². The van der Waals surface area contributed by atoms with Gasteiger partial charge in [0.2, 0.25) is 0 Å². The van der Waals surface area contributed by atoms with Gasteiger partial charge in [0.05, 0.1) is 0 Å². The van der Waals surface area contributed by atoms with Crippen LogP contribution in [0.25, 0.3) is 11.1 Å². The van der Waals surface area contributed by atoms with Crippen LogP contribution in [-0.4, -0.2) is 0 Å². The van der Waals surface area contributed by atoms with Gasteiger partial charge in [-0.25, -0.2) is 0 Å². The van der Waals surface area contributed by atoms with Crippen molar-refractivity contribution in [3.05, 3.63) is 164 Å². The van der Waals surface area contributed by atoms with Gasteiger partial charge in [-0.05, 0) is 65.3 Å². The molecule has 0 N–H and O–H groups in total. The SMILES string of the molecule is BrC1=C(Br)C(=C(c2ccccc2)c2ccccc2)C1=C(c1ccccc1)c1ccccc1. The molecule has 0 fully saturated rings. The topological polar surface area (TPSA) is 0 Å². The third-order valence-electron chi connectivity index (χ3n) is 5.63. The quantitative estimate of drug-likeness (QED) is 0.242. The lowest BCUT2D eigenvalue weighted by atomic mass is 9.79. The van der Waals surface area contributed by atoms with Crippen LogP contribution in [0.15, 0.2) is 141 Å². The molecule has 0 nitrogen and oxygen atoms in total. The molecule has 4 aromatic rings. The van der Waals surface area contributed by atoms with E-state index in [1.165, 1.54) is 44.5 Å². The summed E-state index contributed by atoms with van der Waals surface area (Å²) in [6.45, 7) is 0. The second-order valence-corrected chi connectivity index (χ2v) is 9.18. The maximum absolute atomic E-state index is 3.88. The molecule has 0 aliphatic heterocycles. The molecule has 0 atom stereocenters. The maximum Gasteiger partial charge on any atom is 0.0409 e. The third kappa shape index (κ3) is 3.85. The van der Waals surface area contributed by atoms with Crippen molar-refractivity contribution < 1.29 is 0 Å². The maximum atomic E-state index is 3.88. The number of halogens is 2. The van der Waals surface area contributed by atoms with Crippen LogP contribution in [-0.2, 0) is 0 Å². The standard InChI is InChI=1S/C30H20Br2/c31-29-27(25(21-13-5-1-6-14-21)22-15-7-2-8-16-22)28(30(29)32)26(23-17-9-3-10-18-23)24-19-11-4-12-20-24/h1-20H. The molecular formula is C30H20Br2. The molecule has 0 unspecified atom stereocenters. The van der Waals surface area contributed by atoms with E-state index in [-0.39, 0.29) is 0 Å². The van der Waals surface area contributed by atoms with Gasteiger partial charge in [-0.3, -0.25) is 0 Å². The first-order valence-corrected chi connectivity index (χ1v) is 12.1. The Morgan fingerprint density at radius 3 is 0.781 bits per heavy atom. The Morgan fingerprint density at radius 2 is 0.562 bits per heavy atom. The van der Waals surface area contributed by atoms with Crippen molar-refractivity contribution in [2.24, 2.45) is 0 Å². The zero-order valence-electron chi connectivity index (χ0n) is 17.3. The zero-order valence-corrected chi connectivity index (χ0v) is 20.5. The van der Waals surface area contributed by atoms with Gasteiger partial charge in [0.25, 0.3) is 0 Å². The molecule has 0 radical (unpaired) electrons. The molecule has 0 heterocycles. The summed E-state index contributed by atoms with van der Waals surface area (Å²) in [6.07, 6.45) is 0. The lowest BCUT2D eigenvalue weighted by Crippen LogP contribution is -2.12. The molecule has 0 aromatic heterocycles. The minimum Gasteiger partial charge on any atom is -0.0622 e. The fraction of sp³-hybridized carbons (Fsp3) is 0. The Balaban J connectivity index is 1.89. The smallest absolute Gasteiger partial charge is 0.0409 e. The first kappa shape index (κ1) is 20.9. The van der Waals surface area contributed by atoms with Crippen LogP contribution < -0.4 is 0 Å². The van der Waals surface area contributed by atoms with Crippen molar-refractivity contribution >= 4 is 43.0 Å². The van der Waals surface area contributed by atoms with Gasteiger partial charge < -0.3 is 0 Å². The largest absolute Gasteiger partial charge is 0.0622 e. The predicted octanol–water partition coefficient (Wildman–Crippen LogP) is 9.01. The molecule has 0 amide bonds. The molecule has 0 saturated carbocycles. The van der Waals surface area contributed by atoms with Crippen molar-refractivity contribution in [3.63, 3.8) is 0 Å². The average Bonchev–Trinajstić information content (AvgIpc) is 2.88. The van der Waals surface area contributed by atoms with Gasteiger partial charge >= 0.3 is 0 Å². The predicted molar refractivity (Wildman–Crippen MR) is 143 cm³/mol. The highest BCUT2D eigenvalue weighted by atomic mass is 79.9. The van der Waals surface area contributed by atoms with Crippen molar-refractivity contribution in [3.8, 4) is 0 Å². The number of allylic oxidation sites excluding steroid dienone is 4. The van der Waals surface area contributed by atoms with Gasteiger partial charge in [-0.1, -0.05) is 121 Å². The minimum atomic E-state index is 1.10. The van der Waals surface area contributed by atoms with Crippen LogP contribution >= 0.6 is 31.9 Å². The van der Waals surface area contributed by atoms with E-state index in [9.17, 15) is 0 Å². The molecule has 2 heteroatoms. The molecule has 154 valence electrons. The summed E-state index contributed by atoms with van der Waals surface area (Å²) >= 11 is 7.76. The molecule has 5 rings (SSSR count). The summed E-state index contributed by atoms with van der Waals surface area (Å²) in [5.74, 6) is 0. The Kier molecular flexibility index (Phi) is 6.07. The number of benzene rings is 4. The highest BCUT2D eigenvalue weighted by Gasteiger charge is 2.33. The van der Waals surface area contributed by atoms with Gasteiger partial charge in [0, 0.05) is 20.1 Å². The average molecular weight is 540 g/mol. The Hall–Kier alpha value is -2.94. The number of hydrogen-bond acceptors (Lipinski definition) is 0. The van der Waals surface area contributed by atoms with Crippen LogP contribution in [0.3, 0.4) is 0 Å². The number of rotatable bonds is 4. The monoisotopic (exact) mass is 538 g/mol. The zero-order chi connectivity index (χ0) is 21.9.